The van der Waals surface area contributed by atoms with Crippen LogP contribution in [0.4, 0.5) is 4.79 Å². The molecule has 0 spiro atoms. The Morgan fingerprint density at radius 1 is 0.570 bits per heavy atom. The van der Waals surface area contributed by atoms with Crippen molar-refractivity contribution in [2.24, 2.45) is 5.92 Å². The summed E-state index contributed by atoms with van der Waals surface area (Å²) in [4.78, 5) is 111. The number of carbonyl (C=O) groups is 7. The van der Waals surface area contributed by atoms with E-state index < -0.39 is 130 Å². The number of thiocarbonyl (C=S) groups is 1. The van der Waals surface area contributed by atoms with Gasteiger partial charge >= 0.3 is 12.1 Å². The number of halogens is 2. The van der Waals surface area contributed by atoms with E-state index in [0.717, 1.165) is 0 Å². The van der Waals surface area contributed by atoms with Gasteiger partial charge in [-0.1, -0.05) is 151 Å². The molecule has 5 heterocycles. The highest BCUT2D eigenvalue weighted by Gasteiger charge is 2.53. The van der Waals surface area contributed by atoms with Crippen molar-refractivity contribution in [3.63, 3.8) is 0 Å². The summed E-state index contributed by atoms with van der Waals surface area (Å²) in [6, 6.07) is 11.1. The number of nitriles is 1. The van der Waals surface area contributed by atoms with Gasteiger partial charge in [0.05, 0.1) is 63.2 Å². The zero-order valence-corrected chi connectivity index (χ0v) is 74.5. The van der Waals surface area contributed by atoms with E-state index in [1.807, 2.05) is 13.8 Å². The van der Waals surface area contributed by atoms with Crippen LogP contribution in [0.3, 0.4) is 0 Å². The lowest BCUT2D eigenvalue weighted by molar-refractivity contribution is -0.159. The molecule has 11 bridgehead atoms. The highest BCUT2D eigenvalue weighted by Crippen LogP contribution is 2.53. The molecule has 114 heavy (non-hydrogen) atoms. The fraction of sp³-hybridized carbons (Fsp3) is 0.536. The first-order chi connectivity index (χ1) is 53.3. The first kappa shape index (κ1) is 90.8. The Morgan fingerprint density at radius 2 is 1.09 bits per heavy atom. The van der Waals surface area contributed by atoms with Gasteiger partial charge in [-0.25, -0.2) is 9.59 Å². The van der Waals surface area contributed by atoms with Crippen LogP contribution < -0.4 is 60.3 Å². The average Bonchev–Trinajstić information content (AvgIpc) is 0.763. The molecule has 5 aromatic carbocycles. The van der Waals surface area contributed by atoms with Gasteiger partial charge in [0.1, 0.15) is 81.2 Å². The number of esters is 1. The number of likely N-dealkylation sites (N-methyl/N-ethyl adjacent to an activating group) is 1. The van der Waals surface area contributed by atoms with Crippen molar-refractivity contribution >= 4 is 98.6 Å². The third kappa shape index (κ3) is 19.9. The van der Waals surface area contributed by atoms with Crippen LogP contribution in [0.1, 0.15) is 209 Å². The number of hydrogen-bond donors (Lipinski definition) is 6. The standard InChI is InChI=1S/C84H114Cl2N8O17SSi2/c1-42(2)34-59(94(21)82(101)109-84(18,19)20)76(96)91-70-72(110-113(43(3)4,44(5)6)45(7)8)50-27-30-61(56(85)36-50)106-64-38-52-39-65(74(64)105-25)107-62-31-28-51(37-57(62)86)73(111-114(46(9)10,47(11)12)48(13)14)71-79(99)90-69(81(100)108-83(15,16)17)55-40-53(102-22)41-63(104-24)66(55)54-35-49(26-29-60(54)103-23)67(77(97)92-71)93-80(112)68(52)89-75(95)58(32-33-87)88-78(70)98/h26-31,35-48,58-59,67-73H,32,34H2,1-25H3,(H,88,98)(H,89,95)(H,90,99)(H,91,96)(H,92,97)(H,93,112)/t58-,59+,67+,68+,69-,70+,71-,72+,73+/m0/s1. The van der Waals surface area contributed by atoms with E-state index in [-0.39, 0.29) is 134 Å². The predicted octanol–water partition coefficient (Wildman–Crippen LogP) is 16.8. The molecule has 0 aliphatic carbocycles. The number of ether oxygens (including phenoxy) is 8. The summed E-state index contributed by atoms with van der Waals surface area (Å²) in [5.74, 6) is -5.25. The first-order valence-corrected chi connectivity index (χ1v) is 44.1. The zero-order valence-electron chi connectivity index (χ0n) is 70.2. The van der Waals surface area contributed by atoms with Gasteiger partial charge in [0.15, 0.2) is 17.5 Å². The summed E-state index contributed by atoms with van der Waals surface area (Å²) in [7, 11) is 0.669. The van der Waals surface area contributed by atoms with E-state index in [2.05, 4.69) is 121 Å². The molecule has 0 unspecified atom stereocenters. The van der Waals surface area contributed by atoms with E-state index in [4.69, 9.17) is 82.2 Å². The highest BCUT2D eigenvalue weighted by molar-refractivity contribution is 7.80. The minimum absolute atomic E-state index is 0.0188. The van der Waals surface area contributed by atoms with Gasteiger partial charge in [-0.3, -0.25) is 28.9 Å². The number of hydrogen-bond acceptors (Lipinski definition) is 19. The third-order valence-corrected chi connectivity index (χ3v) is 34.3. The van der Waals surface area contributed by atoms with E-state index in [1.54, 1.807) is 108 Å². The smallest absolute Gasteiger partial charge is 0.410 e. The normalized spacial score (nSPS) is 20.0. The summed E-state index contributed by atoms with van der Waals surface area (Å²) in [6.45, 7) is 38.6. The molecule has 0 radical (unpaired) electrons. The Labute approximate surface area is 688 Å². The Bertz CT molecular complexity index is 4420. The largest absolute Gasteiger partial charge is 0.497 e. The molecular weight excluding hydrogens is 1550 g/mol. The minimum atomic E-state index is -3.23. The molecule has 9 atom stereocenters. The van der Waals surface area contributed by atoms with Gasteiger partial charge < -0.3 is 78.6 Å². The Morgan fingerprint density at radius 3 is 1.56 bits per heavy atom. The second-order valence-electron chi connectivity index (χ2n) is 33.6. The molecule has 25 nitrogen and oxygen atoms in total. The minimum Gasteiger partial charge on any atom is -0.497 e. The van der Waals surface area contributed by atoms with E-state index in [0.29, 0.717) is 11.1 Å². The summed E-state index contributed by atoms with van der Waals surface area (Å²) in [6.07, 6.45) is -4.23. The molecule has 5 aliphatic heterocycles. The van der Waals surface area contributed by atoms with E-state index in [1.165, 1.54) is 52.5 Å². The van der Waals surface area contributed by atoms with Crippen LogP contribution in [0.25, 0.3) is 11.1 Å². The second-order valence-corrected chi connectivity index (χ2v) is 45.7. The molecule has 6 N–H and O–H groups in total. The Hall–Kier alpha value is -8.70. The summed E-state index contributed by atoms with van der Waals surface area (Å²) < 4.78 is 65.7. The average molecular weight is 1670 g/mol. The topological polar surface area (TPSA) is 311 Å². The molecule has 30 heteroatoms. The lowest BCUT2D eigenvalue weighted by Gasteiger charge is -2.46. The maximum atomic E-state index is 16.7. The van der Waals surface area contributed by atoms with Crippen LogP contribution in [0.15, 0.2) is 78.9 Å². The molecule has 0 aromatic heterocycles. The number of amides is 6. The summed E-state index contributed by atoms with van der Waals surface area (Å²) >= 11 is 21.7. The van der Waals surface area contributed by atoms with Crippen molar-refractivity contribution < 1.29 is 80.3 Å². The number of benzene rings is 5. The molecular formula is C84H114Cl2N8O17SSi2. The van der Waals surface area contributed by atoms with Crippen molar-refractivity contribution in [1.82, 2.24) is 36.8 Å². The maximum Gasteiger partial charge on any atom is 0.410 e. The van der Waals surface area contributed by atoms with Crippen molar-refractivity contribution in [3.8, 4) is 63.2 Å². The van der Waals surface area contributed by atoms with Crippen molar-refractivity contribution in [3.05, 3.63) is 117 Å². The molecule has 620 valence electrons. The van der Waals surface area contributed by atoms with Crippen LogP contribution in [-0.4, -0.2) is 139 Å². The SMILES string of the molecule is COc1cc(OC)c2c(c1)[C@@H](C(=O)OC(C)(C)C)NC(=O)[C@H]1NC(=O)[C@H](NC(=S)[C@@H]3NC(=O)[C@H](CC#N)NC(=O)[C@H](NC(=O)[C@@H](CC(C)C)N(C)C(=O)OC(C)(C)C)[C@H](O[Si](C(C)C)(C(C)C)C(C)C)c4ccc(c(Cl)c4)Oc4cc3cc(c4OC)Oc3ccc(cc3Cl)[C@H]1O[Si](C(C)C)(C(C)C)C(C)C)c1ccc(OC)c-2c1. The predicted molar refractivity (Wildman–Crippen MR) is 447 cm³/mol. The molecule has 10 rings (SSSR count). The molecule has 0 saturated carbocycles. The molecule has 5 aliphatic rings. The van der Waals surface area contributed by atoms with Gasteiger partial charge in [0.2, 0.25) is 51.9 Å². The quantitative estimate of drug-likeness (QED) is 0.0226. The Kier molecular flexibility index (Phi) is 29.5. The van der Waals surface area contributed by atoms with Crippen LogP contribution >= 0.6 is 35.4 Å². The molecule has 0 saturated heterocycles. The van der Waals surface area contributed by atoms with Gasteiger partial charge in [-0.2, -0.15) is 5.26 Å². The Balaban J connectivity index is 1.49. The van der Waals surface area contributed by atoms with Crippen molar-refractivity contribution in [1.29, 1.82) is 5.26 Å². The van der Waals surface area contributed by atoms with Crippen LogP contribution in [0, 0.1) is 17.2 Å². The fourth-order valence-corrected chi connectivity index (χ4v) is 28.0. The number of methoxy groups -OCH3 is 4. The third-order valence-electron chi connectivity index (χ3n) is 21.2. The van der Waals surface area contributed by atoms with Crippen LogP contribution in [-0.2, 0) is 47.1 Å². The fourth-order valence-electron chi connectivity index (χ4n) is 16.2. The highest BCUT2D eigenvalue weighted by atomic mass is 35.5. The second kappa shape index (κ2) is 37.1. The monoisotopic (exact) mass is 1660 g/mol. The number of rotatable bonds is 21. The maximum absolute atomic E-state index is 16.7. The van der Waals surface area contributed by atoms with Gasteiger partial charge in [0.25, 0.3) is 0 Å². The molecule has 5 aromatic rings. The number of nitrogens with one attached hydrogen (secondary N) is 6. The van der Waals surface area contributed by atoms with Crippen molar-refractivity contribution in [2.75, 3.05) is 35.5 Å². The molecule has 6 amide bonds. The van der Waals surface area contributed by atoms with E-state index in [9.17, 15) is 10.1 Å². The number of carbonyl (C=O) groups excluding carboxylic acids is 7. The zero-order chi connectivity index (χ0) is 84.9. The van der Waals surface area contributed by atoms with E-state index >= 15 is 28.8 Å². The van der Waals surface area contributed by atoms with Crippen molar-refractivity contribution in [2.45, 2.75) is 250 Å². The lowest BCUT2D eigenvalue weighted by atomic mass is 9.89. The lowest BCUT2D eigenvalue weighted by Crippen LogP contribution is -2.61. The summed E-state index contributed by atoms with van der Waals surface area (Å²) in [5.41, 5.74) is -1.41. The number of fused-ring (bicyclic) bond motifs is 15. The molecule has 0 fully saturated rings. The van der Waals surface area contributed by atoms with Gasteiger partial charge in [-0.15, -0.1) is 0 Å². The van der Waals surface area contributed by atoms with Crippen LogP contribution in [0.2, 0.25) is 43.3 Å². The van der Waals surface area contributed by atoms with Gasteiger partial charge in [-0.05, 0) is 164 Å². The van der Waals surface area contributed by atoms with Gasteiger partial charge in [0, 0.05) is 29.8 Å². The van der Waals surface area contributed by atoms with Crippen LogP contribution in [0.5, 0.6) is 46.0 Å². The summed E-state index contributed by atoms with van der Waals surface area (Å²) in [5, 5.41) is 29.1. The number of nitrogens with zero attached hydrogens (tertiary/aromatic N) is 2. The first-order valence-electron chi connectivity index (χ1n) is 38.7.